The Balaban J connectivity index is 1.11. The molecule has 2 aliphatic rings. The molecule has 2 unspecified atom stereocenters. The normalized spacial score (nSPS) is 16.6. The average molecular weight is 682 g/mol. The van der Waals surface area contributed by atoms with E-state index in [2.05, 4.69) is 220 Å². The van der Waals surface area contributed by atoms with E-state index in [1.165, 1.54) is 61.2 Å². The fourth-order valence-corrected chi connectivity index (χ4v) is 8.47. The van der Waals surface area contributed by atoms with Gasteiger partial charge in [-0.05, 0) is 98.0 Å². The Kier molecular flexibility index (Phi) is 8.28. The van der Waals surface area contributed by atoms with Crippen LogP contribution in [0.1, 0.15) is 43.4 Å². The minimum atomic E-state index is -0.174. The predicted octanol–water partition coefficient (Wildman–Crippen LogP) is 14.3. The van der Waals surface area contributed by atoms with E-state index in [1.807, 2.05) is 0 Å². The number of para-hydroxylation sites is 1. The van der Waals surface area contributed by atoms with Crippen LogP contribution in [0.25, 0.3) is 44.5 Å². The van der Waals surface area contributed by atoms with Gasteiger partial charge < -0.3 is 4.90 Å². The second-order valence-electron chi connectivity index (χ2n) is 15.0. The molecule has 2 aliphatic carbocycles. The standard InChI is InChI=1S/C52H43N/c1-36-14-10-11-19-45(36)41-24-22-39(23-25-41)42-28-32-47-48-33-31-44(35-50(48)52(2,3)49(47)34-42)53(43-29-26-38(27-30-43)37-15-6-4-7-16-37)51-21-13-12-20-46(51)40-17-8-5-9-18-40/h4-36,45H,1-3H3. The summed E-state index contributed by atoms with van der Waals surface area (Å²) < 4.78 is 0. The van der Waals surface area contributed by atoms with Gasteiger partial charge in [0.15, 0.2) is 0 Å². The van der Waals surface area contributed by atoms with Gasteiger partial charge in [0, 0.05) is 28.3 Å². The average Bonchev–Trinajstić information content (AvgIpc) is 3.44. The summed E-state index contributed by atoms with van der Waals surface area (Å²) in [5.74, 6) is 0.934. The summed E-state index contributed by atoms with van der Waals surface area (Å²) >= 11 is 0. The molecule has 256 valence electrons. The first-order chi connectivity index (χ1) is 26.0. The van der Waals surface area contributed by atoms with E-state index in [0.29, 0.717) is 11.8 Å². The fourth-order valence-electron chi connectivity index (χ4n) is 8.47. The Morgan fingerprint density at radius 3 is 1.68 bits per heavy atom. The molecule has 0 saturated carbocycles. The quantitative estimate of drug-likeness (QED) is 0.162. The minimum absolute atomic E-state index is 0.174. The zero-order valence-corrected chi connectivity index (χ0v) is 30.6. The molecule has 7 aromatic rings. The molecule has 0 heterocycles. The van der Waals surface area contributed by atoms with Gasteiger partial charge in [0.05, 0.1) is 5.69 Å². The van der Waals surface area contributed by atoms with E-state index >= 15 is 0 Å². The molecular weight excluding hydrogens is 639 g/mol. The molecule has 7 aromatic carbocycles. The maximum atomic E-state index is 2.43. The highest BCUT2D eigenvalue weighted by Crippen LogP contribution is 2.52. The zero-order chi connectivity index (χ0) is 35.9. The van der Waals surface area contributed by atoms with Gasteiger partial charge >= 0.3 is 0 Å². The lowest BCUT2D eigenvalue weighted by molar-refractivity contribution is 0.635. The number of nitrogens with zero attached hydrogens (tertiary/aromatic N) is 1. The van der Waals surface area contributed by atoms with Crippen molar-refractivity contribution in [2.45, 2.75) is 32.1 Å². The van der Waals surface area contributed by atoms with Gasteiger partial charge in [0.2, 0.25) is 0 Å². The van der Waals surface area contributed by atoms with Crippen molar-refractivity contribution >= 4 is 17.1 Å². The van der Waals surface area contributed by atoms with Crippen LogP contribution in [-0.4, -0.2) is 0 Å². The van der Waals surface area contributed by atoms with E-state index in [1.54, 1.807) is 0 Å². The first kappa shape index (κ1) is 32.7. The minimum Gasteiger partial charge on any atom is -0.310 e. The lowest BCUT2D eigenvalue weighted by Crippen LogP contribution is -2.17. The number of rotatable bonds is 7. The summed E-state index contributed by atoms with van der Waals surface area (Å²) in [6.45, 7) is 7.07. The Labute approximate surface area is 314 Å². The molecule has 0 spiro atoms. The maximum absolute atomic E-state index is 2.43. The van der Waals surface area contributed by atoms with Crippen molar-refractivity contribution < 1.29 is 0 Å². The predicted molar refractivity (Wildman–Crippen MR) is 225 cm³/mol. The number of fused-ring (bicyclic) bond motifs is 3. The Hall–Kier alpha value is -6.18. The van der Waals surface area contributed by atoms with E-state index in [-0.39, 0.29) is 5.41 Å². The molecule has 0 amide bonds. The maximum Gasteiger partial charge on any atom is 0.0540 e. The Morgan fingerprint density at radius 2 is 0.962 bits per heavy atom. The molecule has 1 nitrogen and oxygen atoms in total. The van der Waals surface area contributed by atoms with Gasteiger partial charge in [-0.1, -0.05) is 179 Å². The van der Waals surface area contributed by atoms with Crippen molar-refractivity contribution in [2.75, 3.05) is 4.90 Å². The van der Waals surface area contributed by atoms with Crippen LogP contribution in [-0.2, 0) is 5.41 Å². The summed E-state index contributed by atoms with van der Waals surface area (Å²) in [5.41, 5.74) is 17.3. The number of benzene rings is 7. The van der Waals surface area contributed by atoms with Crippen molar-refractivity contribution in [3.8, 4) is 44.5 Å². The lowest BCUT2D eigenvalue weighted by atomic mass is 9.81. The molecule has 9 rings (SSSR count). The van der Waals surface area contributed by atoms with Crippen molar-refractivity contribution in [2.24, 2.45) is 5.92 Å². The lowest BCUT2D eigenvalue weighted by Gasteiger charge is -2.30. The van der Waals surface area contributed by atoms with Crippen LogP contribution < -0.4 is 4.90 Å². The largest absolute Gasteiger partial charge is 0.310 e. The smallest absolute Gasteiger partial charge is 0.0540 e. The van der Waals surface area contributed by atoms with E-state index < -0.39 is 0 Å². The molecule has 0 N–H and O–H groups in total. The van der Waals surface area contributed by atoms with Crippen molar-refractivity contribution in [3.63, 3.8) is 0 Å². The van der Waals surface area contributed by atoms with E-state index in [0.717, 1.165) is 17.1 Å². The molecule has 0 radical (unpaired) electrons. The van der Waals surface area contributed by atoms with Crippen LogP contribution in [0, 0.1) is 5.92 Å². The third kappa shape index (κ3) is 5.93. The highest BCUT2D eigenvalue weighted by molar-refractivity contribution is 5.91. The van der Waals surface area contributed by atoms with Gasteiger partial charge in [-0.3, -0.25) is 0 Å². The number of allylic oxidation sites excluding steroid dienone is 4. The first-order valence-corrected chi connectivity index (χ1v) is 18.8. The highest BCUT2D eigenvalue weighted by Gasteiger charge is 2.36. The molecule has 0 aliphatic heterocycles. The van der Waals surface area contributed by atoms with Crippen LogP contribution in [0.5, 0.6) is 0 Å². The van der Waals surface area contributed by atoms with E-state index in [4.69, 9.17) is 0 Å². The van der Waals surface area contributed by atoms with Crippen LogP contribution >= 0.6 is 0 Å². The molecule has 0 saturated heterocycles. The topological polar surface area (TPSA) is 3.24 Å². The summed E-state index contributed by atoms with van der Waals surface area (Å²) in [4.78, 5) is 2.43. The molecular formula is C52H43N. The molecule has 0 bridgehead atoms. The number of anilines is 3. The fraction of sp³-hybridized carbons (Fsp3) is 0.115. The van der Waals surface area contributed by atoms with Crippen LogP contribution in [0.15, 0.2) is 194 Å². The molecule has 0 aromatic heterocycles. The van der Waals surface area contributed by atoms with Gasteiger partial charge in [-0.25, -0.2) is 0 Å². The molecule has 0 fully saturated rings. The SMILES string of the molecule is CC1C=CC=CC1c1ccc(-c2ccc3c(c2)C(C)(C)c2cc(N(c4ccc(-c5ccccc5)cc4)c4ccccc4-c4ccccc4)ccc2-3)cc1. The van der Waals surface area contributed by atoms with E-state index in [9.17, 15) is 0 Å². The third-order valence-corrected chi connectivity index (χ3v) is 11.4. The summed E-state index contributed by atoms with van der Waals surface area (Å²) in [6, 6.07) is 62.5. The highest BCUT2D eigenvalue weighted by atomic mass is 15.1. The summed E-state index contributed by atoms with van der Waals surface area (Å²) in [7, 11) is 0. The monoisotopic (exact) mass is 681 g/mol. The van der Waals surface area contributed by atoms with Crippen LogP contribution in [0.2, 0.25) is 0 Å². The Morgan fingerprint density at radius 1 is 0.434 bits per heavy atom. The van der Waals surface area contributed by atoms with Gasteiger partial charge in [0.25, 0.3) is 0 Å². The Bertz CT molecular complexity index is 2470. The number of hydrogen-bond acceptors (Lipinski definition) is 1. The van der Waals surface area contributed by atoms with Gasteiger partial charge in [0.1, 0.15) is 0 Å². The summed E-state index contributed by atoms with van der Waals surface area (Å²) in [5, 5.41) is 0. The second-order valence-corrected chi connectivity index (χ2v) is 15.0. The van der Waals surface area contributed by atoms with Crippen LogP contribution in [0.4, 0.5) is 17.1 Å². The molecule has 53 heavy (non-hydrogen) atoms. The third-order valence-electron chi connectivity index (χ3n) is 11.4. The number of hydrogen-bond donors (Lipinski definition) is 0. The second kappa shape index (κ2) is 13.4. The van der Waals surface area contributed by atoms with Crippen molar-refractivity contribution in [1.29, 1.82) is 0 Å². The summed E-state index contributed by atoms with van der Waals surface area (Å²) in [6.07, 6.45) is 8.96. The zero-order valence-electron chi connectivity index (χ0n) is 30.6. The van der Waals surface area contributed by atoms with Gasteiger partial charge in [-0.15, -0.1) is 0 Å². The van der Waals surface area contributed by atoms with Crippen LogP contribution in [0.3, 0.4) is 0 Å². The van der Waals surface area contributed by atoms with Crippen molar-refractivity contribution in [3.05, 3.63) is 211 Å². The van der Waals surface area contributed by atoms with Gasteiger partial charge in [-0.2, -0.15) is 0 Å². The van der Waals surface area contributed by atoms with Crippen molar-refractivity contribution in [1.82, 2.24) is 0 Å². The molecule has 1 heteroatoms. The first-order valence-electron chi connectivity index (χ1n) is 18.8. The molecule has 2 atom stereocenters.